The SMILES string of the molecule is [O-]C(=NC1CCCC1)NC(OCO)c1ccccc1. The van der Waals surface area contributed by atoms with Crippen LogP contribution < -0.4 is 10.4 Å². The topological polar surface area (TPSA) is 76.9 Å². The van der Waals surface area contributed by atoms with E-state index in [1.165, 1.54) is 0 Å². The van der Waals surface area contributed by atoms with E-state index in [0.29, 0.717) is 0 Å². The predicted molar refractivity (Wildman–Crippen MR) is 70.2 cm³/mol. The minimum atomic E-state index is -0.663. The summed E-state index contributed by atoms with van der Waals surface area (Å²) in [4.78, 5) is 4.11. The maximum atomic E-state index is 11.8. The van der Waals surface area contributed by atoms with E-state index >= 15 is 0 Å². The first-order valence-electron chi connectivity index (χ1n) is 6.58. The van der Waals surface area contributed by atoms with E-state index in [1.807, 2.05) is 30.3 Å². The summed E-state index contributed by atoms with van der Waals surface area (Å²) in [5.74, 6) is 0. The third kappa shape index (κ3) is 4.22. The highest BCUT2D eigenvalue weighted by Gasteiger charge is 2.14. The molecule has 19 heavy (non-hydrogen) atoms. The first-order valence-corrected chi connectivity index (χ1v) is 6.58. The number of amidine groups is 1. The summed E-state index contributed by atoms with van der Waals surface area (Å²) in [6.45, 7) is -0.455. The second kappa shape index (κ2) is 7.11. The van der Waals surface area contributed by atoms with E-state index < -0.39 is 13.0 Å². The Morgan fingerprint density at radius 1 is 1.37 bits per heavy atom. The van der Waals surface area contributed by atoms with Gasteiger partial charge in [-0.15, -0.1) is 0 Å². The van der Waals surface area contributed by atoms with Crippen LogP contribution in [0.5, 0.6) is 0 Å². The molecule has 1 aliphatic carbocycles. The Morgan fingerprint density at radius 3 is 2.68 bits per heavy atom. The van der Waals surface area contributed by atoms with Crippen LogP contribution in [0.4, 0.5) is 0 Å². The van der Waals surface area contributed by atoms with Gasteiger partial charge in [-0.3, -0.25) is 4.99 Å². The molecule has 5 nitrogen and oxygen atoms in total. The lowest BCUT2D eigenvalue weighted by Crippen LogP contribution is -2.40. The lowest BCUT2D eigenvalue weighted by Gasteiger charge is -2.24. The average molecular weight is 263 g/mol. The second-order valence-electron chi connectivity index (χ2n) is 4.60. The minimum Gasteiger partial charge on any atom is -0.846 e. The molecule has 0 aliphatic heterocycles. The van der Waals surface area contributed by atoms with Crippen LogP contribution in [-0.4, -0.2) is 24.0 Å². The summed E-state index contributed by atoms with van der Waals surface area (Å²) >= 11 is 0. The molecular weight excluding hydrogens is 244 g/mol. The third-order valence-electron chi connectivity index (χ3n) is 3.22. The number of nitrogens with zero attached hydrogens (tertiary/aromatic N) is 1. The molecule has 2 N–H and O–H groups in total. The number of aliphatic imine (C=N–C) groups is 1. The fourth-order valence-electron chi connectivity index (χ4n) is 2.27. The van der Waals surface area contributed by atoms with E-state index in [-0.39, 0.29) is 12.1 Å². The second-order valence-corrected chi connectivity index (χ2v) is 4.60. The molecule has 0 radical (unpaired) electrons. The summed E-state index contributed by atoms with van der Waals surface area (Å²) in [5, 5.41) is 23.4. The molecule has 0 bridgehead atoms. The Morgan fingerprint density at radius 2 is 2.05 bits per heavy atom. The highest BCUT2D eigenvalue weighted by molar-refractivity contribution is 5.69. The third-order valence-corrected chi connectivity index (χ3v) is 3.22. The fourth-order valence-corrected chi connectivity index (χ4v) is 2.27. The van der Waals surface area contributed by atoms with Crippen molar-refractivity contribution in [1.29, 1.82) is 0 Å². The van der Waals surface area contributed by atoms with Gasteiger partial charge in [-0.1, -0.05) is 43.2 Å². The molecule has 0 saturated heterocycles. The van der Waals surface area contributed by atoms with Crippen molar-refractivity contribution in [3.8, 4) is 0 Å². The number of hydrogen-bond donors (Lipinski definition) is 2. The number of hydrogen-bond acceptors (Lipinski definition) is 4. The van der Waals surface area contributed by atoms with E-state index in [2.05, 4.69) is 10.3 Å². The average Bonchev–Trinajstić information content (AvgIpc) is 2.92. The Kier molecular flexibility index (Phi) is 5.18. The lowest BCUT2D eigenvalue weighted by molar-refractivity contribution is -0.227. The molecule has 1 aromatic rings. The van der Waals surface area contributed by atoms with Gasteiger partial charge >= 0.3 is 0 Å². The normalized spacial score (nSPS) is 18.5. The first-order chi connectivity index (χ1) is 9.29. The van der Waals surface area contributed by atoms with Gasteiger partial charge in [0.15, 0.2) is 6.23 Å². The zero-order valence-electron chi connectivity index (χ0n) is 10.8. The number of aliphatic hydroxyl groups is 1. The van der Waals surface area contributed by atoms with Gasteiger partial charge in [0.05, 0.1) is 6.04 Å². The van der Waals surface area contributed by atoms with Crippen LogP contribution in [0.3, 0.4) is 0 Å². The van der Waals surface area contributed by atoms with Crippen LogP contribution in [0.2, 0.25) is 0 Å². The van der Waals surface area contributed by atoms with E-state index in [1.54, 1.807) is 0 Å². The smallest absolute Gasteiger partial charge is 0.157 e. The maximum Gasteiger partial charge on any atom is 0.157 e. The molecule has 2 rings (SSSR count). The van der Waals surface area contributed by atoms with Crippen molar-refractivity contribution in [3.63, 3.8) is 0 Å². The van der Waals surface area contributed by atoms with Gasteiger partial charge in [0, 0.05) is 11.6 Å². The predicted octanol–water partition coefficient (Wildman–Crippen LogP) is 0.900. The molecule has 1 atom stereocenters. The summed E-state index contributed by atoms with van der Waals surface area (Å²) in [6, 6.07) is 8.99. The van der Waals surface area contributed by atoms with Gasteiger partial charge < -0.3 is 20.3 Å². The maximum absolute atomic E-state index is 11.8. The largest absolute Gasteiger partial charge is 0.846 e. The standard InChI is InChI=1S/C14H20N2O3/c17-10-19-13(11-6-2-1-3-7-11)16-14(18)15-12-8-4-5-9-12/h1-3,6-7,12-13,17H,4-5,8-10H2,(H2,15,16,18)/p-1. The van der Waals surface area contributed by atoms with Gasteiger partial charge in [0.1, 0.15) is 6.79 Å². The molecule has 0 aromatic heterocycles. The Bertz CT molecular complexity index is 402. The van der Waals surface area contributed by atoms with Crippen LogP contribution in [-0.2, 0) is 4.74 Å². The molecule has 0 heterocycles. The lowest BCUT2D eigenvalue weighted by atomic mass is 10.2. The Labute approximate surface area is 112 Å². The molecule has 1 unspecified atom stereocenters. The zero-order chi connectivity index (χ0) is 13.5. The van der Waals surface area contributed by atoms with Crippen LogP contribution in [0.25, 0.3) is 0 Å². The van der Waals surface area contributed by atoms with Crippen molar-refractivity contribution >= 4 is 6.02 Å². The van der Waals surface area contributed by atoms with Crippen molar-refractivity contribution in [2.75, 3.05) is 6.79 Å². The van der Waals surface area contributed by atoms with Crippen LogP contribution in [0.15, 0.2) is 35.3 Å². The van der Waals surface area contributed by atoms with Gasteiger partial charge in [0.25, 0.3) is 0 Å². The molecule has 5 heteroatoms. The highest BCUT2D eigenvalue weighted by atomic mass is 16.6. The zero-order valence-corrected chi connectivity index (χ0v) is 10.8. The van der Waals surface area contributed by atoms with Crippen molar-refractivity contribution in [1.82, 2.24) is 5.32 Å². The molecule has 1 aromatic carbocycles. The minimum absolute atomic E-state index is 0.130. The van der Waals surface area contributed by atoms with E-state index in [9.17, 15) is 5.11 Å². The summed E-state index contributed by atoms with van der Waals surface area (Å²) in [6.07, 6.45) is 3.56. The first kappa shape index (κ1) is 13.8. The summed E-state index contributed by atoms with van der Waals surface area (Å²) in [5.41, 5.74) is 0.784. The van der Waals surface area contributed by atoms with Crippen LogP contribution in [0, 0.1) is 0 Å². The van der Waals surface area contributed by atoms with Gasteiger partial charge in [-0.2, -0.15) is 0 Å². The summed E-state index contributed by atoms with van der Waals surface area (Å²) < 4.78 is 5.13. The Hall–Kier alpha value is -1.59. The molecule has 1 fully saturated rings. The molecule has 0 spiro atoms. The van der Waals surface area contributed by atoms with Crippen molar-refractivity contribution in [2.45, 2.75) is 38.0 Å². The fraction of sp³-hybridized carbons (Fsp3) is 0.500. The van der Waals surface area contributed by atoms with Gasteiger partial charge in [0.2, 0.25) is 0 Å². The van der Waals surface area contributed by atoms with Gasteiger partial charge in [-0.25, -0.2) is 0 Å². The van der Waals surface area contributed by atoms with Gasteiger partial charge in [-0.05, 0) is 12.8 Å². The van der Waals surface area contributed by atoms with E-state index in [0.717, 1.165) is 31.2 Å². The highest BCUT2D eigenvalue weighted by Crippen LogP contribution is 2.21. The Balaban J connectivity index is 1.99. The number of ether oxygens (including phenoxy) is 1. The molecule has 104 valence electrons. The number of rotatable bonds is 5. The molecule has 1 aliphatic rings. The quantitative estimate of drug-likeness (QED) is 0.470. The monoisotopic (exact) mass is 263 g/mol. The van der Waals surface area contributed by atoms with Crippen molar-refractivity contribution < 1.29 is 14.9 Å². The molecule has 0 amide bonds. The number of nitrogens with one attached hydrogen (secondary N) is 1. The van der Waals surface area contributed by atoms with Crippen molar-refractivity contribution in [2.24, 2.45) is 4.99 Å². The molecular formula is C14H19N2O3-. The summed E-state index contributed by atoms with van der Waals surface area (Å²) in [7, 11) is 0. The van der Waals surface area contributed by atoms with Crippen LogP contribution >= 0.6 is 0 Å². The molecule has 1 saturated carbocycles. The number of aliphatic hydroxyl groups excluding tert-OH is 1. The van der Waals surface area contributed by atoms with Crippen molar-refractivity contribution in [3.05, 3.63) is 35.9 Å². The van der Waals surface area contributed by atoms with Crippen LogP contribution in [0.1, 0.15) is 37.5 Å². The van der Waals surface area contributed by atoms with E-state index in [4.69, 9.17) is 9.84 Å². The number of benzene rings is 1.